The Morgan fingerprint density at radius 2 is 1.50 bits per heavy atom. The van der Waals surface area contributed by atoms with Crippen molar-refractivity contribution in [3.63, 3.8) is 0 Å². The summed E-state index contributed by atoms with van der Waals surface area (Å²) in [6, 6.07) is 0. The largest absolute Gasteiger partial charge is 0.305 e. The average Bonchev–Trinajstić information content (AvgIpc) is 2.80. The van der Waals surface area contributed by atoms with Gasteiger partial charge in [-0.05, 0) is 37.1 Å². The number of nitrogens with one attached hydrogen (secondary N) is 2. The predicted octanol–water partition coefficient (Wildman–Crippen LogP) is 6.61. The zero-order valence-corrected chi connectivity index (χ0v) is 21.7. The maximum Gasteiger partial charge on any atom is 0.224 e. The van der Waals surface area contributed by atoms with E-state index in [1.165, 1.54) is 0 Å². The molecule has 0 radical (unpaired) electrons. The van der Waals surface area contributed by atoms with Crippen molar-refractivity contribution in [3.05, 3.63) is 65.0 Å². The van der Waals surface area contributed by atoms with Crippen LogP contribution in [0.25, 0.3) is 12.2 Å². The molecule has 0 spiro atoms. The normalized spacial score (nSPS) is 10.8. The lowest BCUT2D eigenvalue weighted by Gasteiger charge is -2.09. The predicted molar refractivity (Wildman–Crippen MR) is 141 cm³/mol. The number of halogens is 1. The molecular weight excluding hydrogens is 392 g/mol. The molecule has 1 aromatic rings. The minimum Gasteiger partial charge on any atom is -0.305 e. The van der Waals surface area contributed by atoms with Crippen LogP contribution in [0.15, 0.2) is 49.1 Å². The number of hydrogen-bond acceptors (Lipinski definition) is 4. The third-order valence-electron chi connectivity index (χ3n) is 2.72. The highest BCUT2D eigenvalue weighted by atomic mass is 35.5. The van der Waals surface area contributed by atoms with E-state index in [1.54, 1.807) is 18.2 Å². The average molecular weight is 437 g/mol. The molecule has 0 aliphatic heterocycles. The van der Waals surface area contributed by atoms with Gasteiger partial charge >= 0.3 is 0 Å². The zero-order valence-electron chi connectivity index (χ0n) is 20.9. The molecule has 1 aromatic heterocycles. The Morgan fingerprint density at radius 3 is 1.93 bits per heavy atom. The Labute approximate surface area is 191 Å². The first-order valence-electron chi connectivity index (χ1n) is 10.9. The number of aromatic nitrogens is 2. The molecule has 0 aliphatic rings. The molecule has 1 rings (SSSR count). The van der Waals surface area contributed by atoms with Crippen molar-refractivity contribution in [2.45, 2.75) is 69.2 Å². The van der Waals surface area contributed by atoms with Crippen molar-refractivity contribution in [3.8, 4) is 0 Å². The molecule has 0 amide bonds. The summed E-state index contributed by atoms with van der Waals surface area (Å²) in [6.07, 6.45) is 13.0. The number of nitrogens with zero attached hydrogens (tertiary/aromatic N) is 2. The molecule has 30 heavy (non-hydrogen) atoms. The SMILES string of the molecule is C=C/C=C(\C=C/C)CNNc1nc(Cl)nc(=C/C=C)/c1=C\C.CC.CC.CC.CC. The summed E-state index contributed by atoms with van der Waals surface area (Å²) >= 11 is 5.96. The van der Waals surface area contributed by atoms with E-state index < -0.39 is 0 Å². The Kier molecular flexibility index (Phi) is 34.1. The molecule has 0 bridgehead atoms. The Balaban J connectivity index is -0.000000376. The molecule has 0 aromatic carbocycles. The van der Waals surface area contributed by atoms with Crippen LogP contribution in [0.2, 0.25) is 5.28 Å². The van der Waals surface area contributed by atoms with E-state index in [9.17, 15) is 0 Å². The fraction of sp³-hybridized carbons (Fsp3) is 0.440. The van der Waals surface area contributed by atoms with Crippen LogP contribution in [0.3, 0.4) is 0 Å². The molecule has 0 unspecified atom stereocenters. The van der Waals surface area contributed by atoms with E-state index in [4.69, 9.17) is 11.6 Å². The number of hydrogen-bond donors (Lipinski definition) is 2. The summed E-state index contributed by atoms with van der Waals surface area (Å²) in [5.74, 6) is 0.619. The standard InChI is InChI=1S/C17H21ClN4.4C2H6/c1-5-9-13(10-6-2)12-19-22-16-14(8-4)15(11-7-3)20-17(18)21-16;4*1-2/h5-11,19H,1,3,12H2,2,4H3,(H,20,21,22);4*1-2H3/b10-6-,13-9+,14-8+,15-11+;;;;. The van der Waals surface area contributed by atoms with Crippen LogP contribution in [0.1, 0.15) is 69.2 Å². The summed E-state index contributed by atoms with van der Waals surface area (Å²) in [7, 11) is 0. The second kappa shape index (κ2) is 29.0. The summed E-state index contributed by atoms with van der Waals surface area (Å²) in [4.78, 5) is 8.40. The van der Waals surface area contributed by atoms with Gasteiger partial charge < -0.3 is 5.43 Å². The highest BCUT2D eigenvalue weighted by Gasteiger charge is 2.02. The van der Waals surface area contributed by atoms with E-state index in [2.05, 4.69) is 34.0 Å². The first-order valence-corrected chi connectivity index (χ1v) is 11.3. The zero-order chi connectivity index (χ0) is 24.4. The molecule has 1 heterocycles. The fourth-order valence-electron chi connectivity index (χ4n) is 1.85. The second-order valence-corrected chi connectivity index (χ2v) is 4.63. The first-order chi connectivity index (χ1) is 14.7. The van der Waals surface area contributed by atoms with Gasteiger partial charge in [0, 0.05) is 11.8 Å². The second-order valence-electron chi connectivity index (χ2n) is 4.29. The van der Waals surface area contributed by atoms with Crippen LogP contribution in [0, 0.1) is 0 Å². The minimum absolute atomic E-state index is 0.179. The lowest BCUT2D eigenvalue weighted by atomic mass is 10.2. The summed E-state index contributed by atoms with van der Waals surface area (Å²) < 4.78 is 0. The van der Waals surface area contributed by atoms with Gasteiger partial charge in [-0.1, -0.05) is 105 Å². The van der Waals surface area contributed by atoms with E-state index in [-0.39, 0.29) is 5.28 Å². The van der Waals surface area contributed by atoms with Crippen LogP contribution >= 0.6 is 11.6 Å². The number of anilines is 1. The quantitative estimate of drug-likeness (QED) is 0.287. The van der Waals surface area contributed by atoms with Crippen LogP contribution in [-0.4, -0.2) is 16.5 Å². The maximum absolute atomic E-state index is 5.96. The van der Waals surface area contributed by atoms with Gasteiger partial charge in [0.05, 0.1) is 5.35 Å². The summed E-state index contributed by atoms with van der Waals surface area (Å²) in [5, 5.41) is 1.76. The molecule has 172 valence electrons. The molecular formula is C25H45ClN4. The van der Waals surface area contributed by atoms with Gasteiger partial charge in [0.2, 0.25) is 5.28 Å². The van der Waals surface area contributed by atoms with Crippen LogP contribution in [0.4, 0.5) is 5.82 Å². The van der Waals surface area contributed by atoms with Crippen molar-refractivity contribution in [2.75, 3.05) is 12.0 Å². The van der Waals surface area contributed by atoms with Crippen molar-refractivity contribution in [2.24, 2.45) is 0 Å². The third-order valence-corrected chi connectivity index (χ3v) is 2.89. The highest BCUT2D eigenvalue weighted by Crippen LogP contribution is 1.99. The van der Waals surface area contributed by atoms with Gasteiger partial charge in [0.25, 0.3) is 0 Å². The molecule has 2 N–H and O–H groups in total. The topological polar surface area (TPSA) is 49.8 Å². The first kappa shape index (κ1) is 35.3. The van der Waals surface area contributed by atoms with Crippen LogP contribution in [-0.2, 0) is 0 Å². The number of allylic oxidation sites excluding steroid dienone is 4. The lowest BCUT2D eigenvalue weighted by Crippen LogP contribution is -2.36. The van der Waals surface area contributed by atoms with Crippen molar-refractivity contribution < 1.29 is 0 Å². The smallest absolute Gasteiger partial charge is 0.224 e. The van der Waals surface area contributed by atoms with E-state index in [1.807, 2.05) is 93.5 Å². The molecule has 0 saturated heterocycles. The molecule has 4 nitrogen and oxygen atoms in total. The van der Waals surface area contributed by atoms with Crippen LogP contribution < -0.4 is 21.4 Å². The molecule has 0 aliphatic carbocycles. The number of rotatable bonds is 7. The maximum atomic E-state index is 5.96. The Bertz CT molecular complexity index is 705. The molecule has 0 saturated carbocycles. The molecule has 0 fully saturated rings. The summed E-state index contributed by atoms with van der Waals surface area (Å²) in [6.45, 7) is 27.9. The van der Waals surface area contributed by atoms with Gasteiger partial charge in [0.1, 0.15) is 0 Å². The van der Waals surface area contributed by atoms with Crippen LogP contribution in [0.5, 0.6) is 0 Å². The van der Waals surface area contributed by atoms with Gasteiger partial charge in [-0.25, -0.2) is 10.4 Å². The monoisotopic (exact) mass is 436 g/mol. The Hall–Kier alpha value is -2.17. The van der Waals surface area contributed by atoms with Crippen molar-refractivity contribution in [1.29, 1.82) is 0 Å². The van der Waals surface area contributed by atoms with E-state index in [0.717, 1.165) is 16.1 Å². The van der Waals surface area contributed by atoms with Gasteiger partial charge in [-0.2, -0.15) is 4.98 Å². The minimum atomic E-state index is 0.179. The highest BCUT2D eigenvalue weighted by molar-refractivity contribution is 6.28. The Morgan fingerprint density at radius 1 is 0.933 bits per heavy atom. The third kappa shape index (κ3) is 16.8. The summed E-state index contributed by atoms with van der Waals surface area (Å²) in [5.41, 5.74) is 7.28. The lowest BCUT2D eigenvalue weighted by molar-refractivity contribution is 0.856. The molecule has 5 heteroatoms. The van der Waals surface area contributed by atoms with Gasteiger partial charge in [-0.3, -0.25) is 0 Å². The number of hydrazine groups is 1. The molecule has 0 atom stereocenters. The van der Waals surface area contributed by atoms with Gasteiger partial charge in [0.15, 0.2) is 5.82 Å². The van der Waals surface area contributed by atoms with E-state index >= 15 is 0 Å². The van der Waals surface area contributed by atoms with Crippen molar-refractivity contribution >= 4 is 29.6 Å². The van der Waals surface area contributed by atoms with Crippen molar-refractivity contribution in [1.82, 2.24) is 15.4 Å². The van der Waals surface area contributed by atoms with Gasteiger partial charge in [-0.15, -0.1) is 0 Å². The fourth-order valence-corrected chi connectivity index (χ4v) is 2.02. The van der Waals surface area contributed by atoms with E-state index in [0.29, 0.717) is 12.4 Å².